The number of aromatic nitrogens is 3. The fourth-order valence-electron chi connectivity index (χ4n) is 3.00. The van der Waals surface area contributed by atoms with Gasteiger partial charge in [-0.05, 0) is 49.2 Å². The van der Waals surface area contributed by atoms with E-state index in [9.17, 15) is 9.18 Å². The highest BCUT2D eigenvalue weighted by Gasteiger charge is 2.28. The Morgan fingerprint density at radius 2 is 1.96 bits per heavy atom. The van der Waals surface area contributed by atoms with E-state index in [-0.39, 0.29) is 17.8 Å². The third-order valence-electron chi connectivity index (χ3n) is 4.49. The molecule has 1 fully saturated rings. The number of ether oxygens (including phenoxy) is 1. The highest BCUT2D eigenvalue weighted by molar-refractivity contribution is 5.70. The van der Waals surface area contributed by atoms with Gasteiger partial charge in [0.2, 0.25) is 0 Å². The zero-order chi connectivity index (χ0) is 18.6. The molecule has 4 rings (SSSR count). The van der Waals surface area contributed by atoms with Crippen molar-refractivity contribution in [3.63, 3.8) is 0 Å². The first-order chi connectivity index (χ1) is 13.2. The van der Waals surface area contributed by atoms with Crippen molar-refractivity contribution in [2.75, 3.05) is 13.1 Å². The van der Waals surface area contributed by atoms with Crippen molar-refractivity contribution < 1.29 is 18.4 Å². The van der Waals surface area contributed by atoms with Crippen LogP contribution in [-0.2, 0) is 0 Å². The quantitative estimate of drug-likeness (QED) is 0.702. The van der Waals surface area contributed by atoms with E-state index < -0.39 is 0 Å². The van der Waals surface area contributed by atoms with E-state index in [0.29, 0.717) is 49.0 Å². The summed E-state index contributed by atoms with van der Waals surface area (Å²) in [4.78, 5) is 22.2. The third-order valence-corrected chi connectivity index (χ3v) is 4.49. The van der Waals surface area contributed by atoms with Gasteiger partial charge in [0, 0.05) is 30.8 Å². The maximum Gasteiger partial charge on any atom is 0.415 e. The van der Waals surface area contributed by atoms with Crippen molar-refractivity contribution >= 4 is 6.09 Å². The first-order valence-corrected chi connectivity index (χ1v) is 8.65. The lowest BCUT2D eigenvalue weighted by molar-refractivity contribution is 0.137. The summed E-state index contributed by atoms with van der Waals surface area (Å²) in [6.45, 7) is 1.09. The van der Waals surface area contributed by atoms with Crippen LogP contribution in [0.5, 0.6) is 5.75 Å². The van der Waals surface area contributed by atoms with Crippen molar-refractivity contribution in [1.82, 2.24) is 20.0 Å². The summed E-state index contributed by atoms with van der Waals surface area (Å²) in [5.41, 5.74) is 0.674. The van der Waals surface area contributed by atoms with Crippen molar-refractivity contribution in [3.05, 3.63) is 60.4 Å². The molecule has 0 N–H and O–H groups in total. The molecule has 0 saturated carbocycles. The SMILES string of the molecule is O=C(Oc1cccnc1)N1CCC(c2noc(-c3ccc(F)cc3)n2)CC1. The minimum Gasteiger partial charge on any atom is -0.409 e. The second-order valence-corrected chi connectivity index (χ2v) is 6.28. The molecule has 0 aliphatic carbocycles. The summed E-state index contributed by atoms with van der Waals surface area (Å²) >= 11 is 0. The predicted octanol–water partition coefficient (Wildman–Crippen LogP) is 3.65. The normalized spacial score (nSPS) is 14.9. The standard InChI is InChI=1S/C19H17FN4O3/c20-15-5-3-14(4-6-15)18-22-17(23-27-18)13-7-10-24(11-8-13)19(25)26-16-2-1-9-21-12-16/h1-6,9,12-13H,7-8,10-11H2. The largest absolute Gasteiger partial charge is 0.415 e. The smallest absolute Gasteiger partial charge is 0.409 e. The van der Waals surface area contributed by atoms with Gasteiger partial charge < -0.3 is 14.2 Å². The molecule has 27 heavy (non-hydrogen) atoms. The lowest BCUT2D eigenvalue weighted by Crippen LogP contribution is -2.39. The second kappa shape index (κ2) is 7.53. The Bertz CT molecular complexity index is 906. The molecular weight excluding hydrogens is 351 g/mol. The van der Waals surface area contributed by atoms with Gasteiger partial charge in [0.1, 0.15) is 5.82 Å². The van der Waals surface area contributed by atoms with E-state index >= 15 is 0 Å². The van der Waals surface area contributed by atoms with E-state index in [2.05, 4.69) is 15.1 Å². The predicted molar refractivity (Wildman–Crippen MR) is 93.5 cm³/mol. The number of likely N-dealkylation sites (tertiary alicyclic amines) is 1. The van der Waals surface area contributed by atoms with Crippen molar-refractivity contribution in [2.24, 2.45) is 0 Å². The van der Waals surface area contributed by atoms with Gasteiger partial charge in [0.15, 0.2) is 11.6 Å². The molecule has 3 aromatic rings. The topological polar surface area (TPSA) is 81.4 Å². The number of carbonyl (C=O) groups is 1. The molecule has 7 nitrogen and oxygen atoms in total. The van der Waals surface area contributed by atoms with Crippen LogP contribution in [0, 0.1) is 5.82 Å². The summed E-state index contributed by atoms with van der Waals surface area (Å²) in [7, 11) is 0. The van der Waals surface area contributed by atoms with E-state index in [1.807, 2.05) is 0 Å². The van der Waals surface area contributed by atoms with Gasteiger partial charge in [-0.15, -0.1) is 0 Å². The van der Waals surface area contributed by atoms with Crippen LogP contribution >= 0.6 is 0 Å². The van der Waals surface area contributed by atoms with Gasteiger partial charge in [-0.2, -0.15) is 4.98 Å². The molecule has 0 atom stereocenters. The molecule has 0 radical (unpaired) electrons. The number of amides is 1. The number of halogens is 1. The monoisotopic (exact) mass is 368 g/mol. The number of pyridine rings is 1. The molecule has 2 aromatic heterocycles. The molecule has 0 unspecified atom stereocenters. The van der Waals surface area contributed by atoms with Crippen molar-refractivity contribution in [2.45, 2.75) is 18.8 Å². The second-order valence-electron chi connectivity index (χ2n) is 6.28. The molecule has 1 saturated heterocycles. The Morgan fingerprint density at radius 3 is 2.67 bits per heavy atom. The van der Waals surface area contributed by atoms with Crippen molar-refractivity contribution in [3.8, 4) is 17.2 Å². The summed E-state index contributed by atoms with van der Waals surface area (Å²) in [6, 6.07) is 9.31. The first-order valence-electron chi connectivity index (χ1n) is 8.65. The van der Waals surface area contributed by atoms with Gasteiger partial charge in [-0.1, -0.05) is 5.16 Å². The summed E-state index contributed by atoms with van der Waals surface area (Å²) in [5, 5.41) is 4.05. The first kappa shape index (κ1) is 17.1. The number of hydrogen-bond donors (Lipinski definition) is 0. The van der Waals surface area contributed by atoms with Gasteiger partial charge in [-0.3, -0.25) is 4.98 Å². The van der Waals surface area contributed by atoms with E-state index in [0.717, 1.165) is 0 Å². The maximum atomic E-state index is 13.0. The molecule has 1 amide bonds. The minimum absolute atomic E-state index is 0.102. The Labute approximate surface area is 154 Å². The highest BCUT2D eigenvalue weighted by atomic mass is 19.1. The number of nitrogens with zero attached hydrogens (tertiary/aromatic N) is 4. The molecule has 8 heteroatoms. The zero-order valence-electron chi connectivity index (χ0n) is 14.4. The maximum absolute atomic E-state index is 13.0. The Kier molecular flexibility index (Phi) is 4.78. The van der Waals surface area contributed by atoms with Crippen LogP contribution in [-0.4, -0.2) is 39.2 Å². The van der Waals surface area contributed by atoms with Crippen LogP contribution in [0.1, 0.15) is 24.6 Å². The van der Waals surface area contributed by atoms with E-state index in [1.165, 1.54) is 18.3 Å². The Morgan fingerprint density at radius 1 is 1.19 bits per heavy atom. The molecular formula is C19H17FN4O3. The van der Waals surface area contributed by atoms with Crippen LogP contribution in [0.3, 0.4) is 0 Å². The number of piperidine rings is 1. The molecule has 0 spiro atoms. The zero-order valence-corrected chi connectivity index (χ0v) is 14.4. The van der Waals surface area contributed by atoms with Crippen LogP contribution in [0.25, 0.3) is 11.5 Å². The molecule has 1 aliphatic rings. The highest BCUT2D eigenvalue weighted by Crippen LogP contribution is 2.28. The Hall–Kier alpha value is -3.29. The molecule has 138 valence electrons. The fourth-order valence-corrected chi connectivity index (χ4v) is 3.00. The molecule has 1 aliphatic heterocycles. The Balaban J connectivity index is 1.35. The van der Waals surface area contributed by atoms with Gasteiger partial charge in [0.25, 0.3) is 5.89 Å². The summed E-state index contributed by atoms with van der Waals surface area (Å²) in [5.74, 6) is 1.18. The van der Waals surface area contributed by atoms with Gasteiger partial charge >= 0.3 is 6.09 Å². The van der Waals surface area contributed by atoms with Crippen LogP contribution in [0.15, 0.2) is 53.3 Å². The number of hydrogen-bond acceptors (Lipinski definition) is 6. The van der Waals surface area contributed by atoms with Crippen LogP contribution in [0.2, 0.25) is 0 Å². The molecule has 0 bridgehead atoms. The van der Waals surface area contributed by atoms with Crippen LogP contribution < -0.4 is 4.74 Å². The molecule has 1 aromatic carbocycles. The summed E-state index contributed by atoms with van der Waals surface area (Å²) in [6.07, 6.45) is 4.16. The molecule has 3 heterocycles. The van der Waals surface area contributed by atoms with Crippen LogP contribution in [0.4, 0.5) is 9.18 Å². The number of benzene rings is 1. The number of rotatable bonds is 3. The van der Waals surface area contributed by atoms with E-state index in [4.69, 9.17) is 9.26 Å². The lowest BCUT2D eigenvalue weighted by Gasteiger charge is -2.29. The summed E-state index contributed by atoms with van der Waals surface area (Å²) < 4.78 is 23.6. The van der Waals surface area contributed by atoms with Gasteiger partial charge in [-0.25, -0.2) is 9.18 Å². The lowest BCUT2D eigenvalue weighted by atomic mass is 9.96. The van der Waals surface area contributed by atoms with Crippen molar-refractivity contribution in [1.29, 1.82) is 0 Å². The minimum atomic E-state index is -0.387. The number of carbonyl (C=O) groups excluding carboxylic acids is 1. The van der Waals surface area contributed by atoms with Gasteiger partial charge in [0.05, 0.1) is 6.20 Å². The van der Waals surface area contributed by atoms with E-state index in [1.54, 1.807) is 35.4 Å². The third kappa shape index (κ3) is 3.94. The average molecular weight is 368 g/mol. The average Bonchev–Trinajstić information content (AvgIpc) is 3.20. The fraction of sp³-hybridized carbons (Fsp3) is 0.263.